The van der Waals surface area contributed by atoms with E-state index in [4.69, 9.17) is 19.4 Å². The molecule has 0 amide bonds. The van der Waals surface area contributed by atoms with Crippen molar-refractivity contribution in [1.29, 1.82) is 0 Å². The Morgan fingerprint density at radius 1 is 0.242 bits per heavy atom. The SMILES string of the molecule is COc1ccccc1-c1ccccc1-c1ccc2c3ccc(-c4ccccc4-c4ccccc4OC)cc3c3nc4c(-c5cccc6c5-c5ccccc5C6(c5ccccc5)c5ccccc5)sc(-c5cccc6c5-c5ccccc5C6(c5ccccc5)c5ccccc5)c4nc3c2c1. The van der Waals surface area contributed by atoms with Gasteiger partial charge >= 0.3 is 0 Å². The zero-order valence-electron chi connectivity index (χ0n) is 54.5. The fourth-order valence-electron chi connectivity index (χ4n) is 17.0. The van der Waals surface area contributed by atoms with E-state index < -0.39 is 10.8 Å². The zero-order valence-corrected chi connectivity index (χ0v) is 55.3. The van der Waals surface area contributed by atoms with Crippen LogP contribution in [-0.2, 0) is 10.8 Å². The van der Waals surface area contributed by atoms with E-state index in [0.29, 0.717) is 0 Å². The maximum atomic E-state index is 6.32. The van der Waals surface area contributed by atoms with E-state index in [1.165, 1.54) is 66.8 Å². The molecule has 99 heavy (non-hydrogen) atoms. The molecule has 2 aromatic heterocycles. The topological polar surface area (TPSA) is 44.2 Å². The molecule has 0 atom stereocenters. The molecular formula is C94H62N2O2S. The molecule has 19 rings (SSSR count). The summed E-state index contributed by atoms with van der Waals surface area (Å²) in [7, 11) is 3.50. The number of methoxy groups -OCH3 is 2. The summed E-state index contributed by atoms with van der Waals surface area (Å²) in [5.74, 6) is 1.63. The Morgan fingerprint density at radius 3 is 0.919 bits per heavy atom. The van der Waals surface area contributed by atoms with Crippen molar-refractivity contribution in [3.8, 4) is 99.1 Å². The van der Waals surface area contributed by atoms with Crippen LogP contribution in [-0.4, -0.2) is 24.2 Å². The van der Waals surface area contributed by atoms with Crippen molar-refractivity contribution < 1.29 is 9.47 Å². The van der Waals surface area contributed by atoms with Gasteiger partial charge in [0.25, 0.3) is 0 Å². The Bertz CT molecular complexity index is 5630. The number of hydrogen-bond acceptors (Lipinski definition) is 5. The molecule has 15 aromatic carbocycles. The highest BCUT2D eigenvalue weighted by molar-refractivity contribution is 7.21. The summed E-state index contributed by atoms with van der Waals surface area (Å²) >= 11 is 1.82. The van der Waals surface area contributed by atoms with Crippen molar-refractivity contribution >= 4 is 54.9 Å². The summed E-state index contributed by atoms with van der Waals surface area (Å²) in [6.45, 7) is 0. The quantitative estimate of drug-likeness (QED) is 0.114. The van der Waals surface area contributed by atoms with Gasteiger partial charge < -0.3 is 9.47 Å². The lowest BCUT2D eigenvalue weighted by molar-refractivity contribution is 0.416. The normalized spacial score (nSPS) is 13.1. The molecule has 0 N–H and O–H groups in total. The molecule has 0 spiro atoms. The van der Waals surface area contributed by atoms with Crippen LogP contribution in [0.15, 0.2) is 340 Å². The Balaban J connectivity index is 0.961. The molecule has 4 nitrogen and oxygen atoms in total. The van der Waals surface area contributed by atoms with Crippen LogP contribution < -0.4 is 9.47 Å². The zero-order chi connectivity index (χ0) is 65.8. The molecule has 0 radical (unpaired) electrons. The molecular weight excluding hydrogens is 1220 g/mol. The Kier molecular flexibility index (Phi) is 13.6. The minimum Gasteiger partial charge on any atom is -0.496 e. The largest absolute Gasteiger partial charge is 0.496 e. The van der Waals surface area contributed by atoms with Crippen LogP contribution in [0.4, 0.5) is 0 Å². The molecule has 5 heteroatoms. The Morgan fingerprint density at radius 2 is 0.545 bits per heavy atom. The molecule has 0 saturated carbocycles. The van der Waals surface area contributed by atoms with E-state index in [1.807, 2.05) is 35.6 Å². The van der Waals surface area contributed by atoms with E-state index in [0.717, 1.165) is 120 Å². The number of benzene rings is 15. The van der Waals surface area contributed by atoms with Crippen molar-refractivity contribution in [3.05, 3.63) is 384 Å². The van der Waals surface area contributed by atoms with Crippen molar-refractivity contribution in [1.82, 2.24) is 9.97 Å². The van der Waals surface area contributed by atoms with Gasteiger partial charge in [0.05, 0.1) is 45.8 Å². The summed E-state index contributed by atoms with van der Waals surface area (Å²) in [6, 6.07) is 125. The van der Waals surface area contributed by atoms with E-state index in [9.17, 15) is 0 Å². The first-order valence-corrected chi connectivity index (χ1v) is 34.7. The molecule has 17 aromatic rings. The van der Waals surface area contributed by atoms with Gasteiger partial charge in [-0.1, -0.05) is 315 Å². The highest BCUT2D eigenvalue weighted by Crippen LogP contribution is 2.63. The summed E-state index contributed by atoms with van der Waals surface area (Å²) in [5.41, 5.74) is 27.5. The molecule has 0 fully saturated rings. The lowest BCUT2D eigenvalue weighted by Crippen LogP contribution is -2.28. The first-order valence-electron chi connectivity index (χ1n) is 33.8. The van der Waals surface area contributed by atoms with Crippen LogP contribution in [0.2, 0.25) is 0 Å². The number of rotatable bonds is 12. The van der Waals surface area contributed by atoms with Gasteiger partial charge in [-0.05, 0) is 135 Å². The lowest BCUT2D eigenvalue weighted by Gasteiger charge is -2.34. The molecule has 466 valence electrons. The third-order valence-corrected chi connectivity index (χ3v) is 22.3. The van der Waals surface area contributed by atoms with Crippen LogP contribution in [0.5, 0.6) is 11.5 Å². The summed E-state index contributed by atoms with van der Waals surface area (Å²) in [4.78, 5) is 14.8. The second-order valence-electron chi connectivity index (χ2n) is 25.9. The third-order valence-electron chi connectivity index (χ3n) is 21.1. The van der Waals surface area contributed by atoms with Gasteiger partial charge in [-0.3, -0.25) is 0 Å². The van der Waals surface area contributed by atoms with E-state index in [2.05, 4.69) is 315 Å². The van der Waals surface area contributed by atoms with Crippen molar-refractivity contribution in [2.24, 2.45) is 0 Å². The highest BCUT2D eigenvalue weighted by atomic mass is 32.1. The van der Waals surface area contributed by atoms with Gasteiger partial charge in [0.2, 0.25) is 0 Å². The maximum Gasteiger partial charge on any atom is 0.126 e. The first-order chi connectivity index (χ1) is 49.1. The molecule has 0 aliphatic heterocycles. The second kappa shape index (κ2) is 23.2. The van der Waals surface area contributed by atoms with Gasteiger partial charge in [0.1, 0.15) is 22.5 Å². The van der Waals surface area contributed by atoms with Gasteiger partial charge in [0.15, 0.2) is 0 Å². The van der Waals surface area contributed by atoms with Crippen LogP contribution >= 0.6 is 11.3 Å². The monoisotopic (exact) mass is 1280 g/mol. The smallest absolute Gasteiger partial charge is 0.126 e. The van der Waals surface area contributed by atoms with Crippen LogP contribution in [0.3, 0.4) is 0 Å². The molecule has 2 heterocycles. The number of thiophene rings is 1. The van der Waals surface area contributed by atoms with E-state index in [-0.39, 0.29) is 0 Å². The average molecular weight is 1280 g/mol. The van der Waals surface area contributed by atoms with Crippen LogP contribution in [0.1, 0.15) is 44.5 Å². The molecule has 2 aliphatic rings. The highest BCUT2D eigenvalue weighted by Gasteiger charge is 2.49. The van der Waals surface area contributed by atoms with E-state index in [1.54, 1.807) is 14.2 Å². The van der Waals surface area contributed by atoms with Crippen molar-refractivity contribution in [3.63, 3.8) is 0 Å². The lowest BCUT2D eigenvalue weighted by atomic mass is 9.67. The van der Waals surface area contributed by atoms with Gasteiger partial charge in [-0.25, -0.2) is 9.97 Å². The second-order valence-corrected chi connectivity index (χ2v) is 26.9. The fraction of sp³-hybridized carbons (Fsp3) is 0.0426. The number of hydrogen-bond donors (Lipinski definition) is 0. The standard InChI is InChI=1S/C94H62N2O2S/c1-97-83-51-25-21-41-71(83)67-39-17-15-37-65(67)59-53-55-69-70-56-54-60(66-38-16-18-40-68(66)72-42-22-26-52-84(72)98-2)58-78(70)88-87(77(69)57-59)95-89-90(96-88)92(76-46-28-50-82-86(76)74-44-20-24-48-80(74)94(82,63-33-11-5-12-34-63)64-35-13-6-14-36-64)99-91(89)75-45-27-49-81-85(75)73-43-19-23-47-79(73)93(81,61-29-7-3-8-30-61)62-31-9-4-10-32-62/h3-58H,1-2H3. The number of ether oxygens (including phenoxy) is 2. The first kappa shape index (κ1) is 58.1. The number of nitrogens with zero attached hydrogens (tertiary/aromatic N) is 2. The number of fused-ring (bicyclic) bond motifs is 13. The number of para-hydroxylation sites is 2. The summed E-state index contributed by atoms with van der Waals surface area (Å²) in [6.07, 6.45) is 0. The summed E-state index contributed by atoms with van der Waals surface area (Å²) in [5, 5.41) is 4.21. The Labute approximate surface area is 579 Å². The summed E-state index contributed by atoms with van der Waals surface area (Å²) < 4.78 is 12.1. The minimum absolute atomic E-state index is 0.631. The molecule has 0 saturated heterocycles. The predicted octanol–water partition coefficient (Wildman–Crippen LogP) is 23.9. The maximum absolute atomic E-state index is 6.32. The van der Waals surface area contributed by atoms with Gasteiger partial charge in [0, 0.05) is 33.0 Å². The number of aromatic nitrogens is 2. The molecule has 0 bridgehead atoms. The Hall–Kier alpha value is -12.3. The van der Waals surface area contributed by atoms with Gasteiger partial charge in [-0.15, -0.1) is 11.3 Å². The third kappa shape index (κ3) is 8.64. The average Bonchev–Trinajstić information content (AvgIpc) is 1.54. The molecule has 0 unspecified atom stereocenters. The fourth-order valence-corrected chi connectivity index (χ4v) is 18.3. The predicted molar refractivity (Wildman–Crippen MR) is 410 cm³/mol. The van der Waals surface area contributed by atoms with Crippen molar-refractivity contribution in [2.75, 3.05) is 14.2 Å². The van der Waals surface area contributed by atoms with E-state index >= 15 is 0 Å². The van der Waals surface area contributed by atoms with Crippen LogP contribution in [0, 0.1) is 0 Å². The van der Waals surface area contributed by atoms with Gasteiger partial charge in [-0.2, -0.15) is 0 Å². The minimum atomic E-state index is -0.631. The molecule has 2 aliphatic carbocycles. The van der Waals surface area contributed by atoms with Crippen LogP contribution in [0.25, 0.3) is 131 Å². The van der Waals surface area contributed by atoms with Crippen molar-refractivity contribution in [2.45, 2.75) is 10.8 Å².